The molecule has 0 fully saturated rings. The first kappa shape index (κ1) is 17.0. The third kappa shape index (κ3) is 4.19. The highest BCUT2D eigenvalue weighted by molar-refractivity contribution is 6.31. The van der Waals surface area contributed by atoms with E-state index in [-0.39, 0.29) is 0 Å². The second-order valence-corrected chi connectivity index (χ2v) is 5.69. The van der Waals surface area contributed by atoms with Gasteiger partial charge in [0.1, 0.15) is 11.6 Å². The Kier molecular flexibility index (Phi) is 5.35. The number of rotatable bonds is 7. The van der Waals surface area contributed by atoms with Crippen LogP contribution in [0.2, 0.25) is 5.02 Å². The van der Waals surface area contributed by atoms with Crippen LogP contribution in [0.1, 0.15) is 12.5 Å². The number of aromatic nitrogens is 4. The van der Waals surface area contributed by atoms with Gasteiger partial charge in [0.15, 0.2) is 5.82 Å². The number of H-pyrrole nitrogens is 1. The molecule has 0 atom stereocenters. The molecule has 0 aliphatic rings. The number of benzene rings is 1. The van der Waals surface area contributed by atoms with E-state index in [0.29, 0.717) is 23.3 Å². The first-order valence-corrected chi connectivity index (χ1v) is 8.26. The quantitative estimate of drug-likeness (QED) is 0.598. The summed E-state index contributed by atoms with van der Waals surface area (Å²) in [4.78, 5) is 8.72. The largest absolute Gasteiger partial charge is 0.497 e. The lowest BCUT2D eigenvalue weighted by Gasteiger charge is -2.09. The molecular weight excluding hydrogens is 340 g/mol. The van der Waals surface area contributed by atoms with Crippen LogP contribution in [0.3, 0.4) is 0 Å². The van der Waals surface area contributed by atoms with Crippen LogP contribution in [0.4, 0.5) is 11.8 Å². The van der Waals surface area contributed by atoms with Gasteiger partial charge in [0.25, 0.3) is 0 Å². The van der Waals surface area contributed by atoms with Gasteiger partial charge < -0.3 is 15.4 Å². The molecule has 0 aliphatic carbocycles. The second-order valence-electron chi connectivity index (χ2n) is 5.28. The Balaban J connectivity index is 1.71. The van der Waals surface area contributed by atoms with E-state index in [2.05, 4.69) is 30.8 Å². The van der Waals surface area contributed by atoms with E-state index in [1.807, 2.05) is 31.2 Å². The lowest BCUT2D eigenvalue weighted by Crippen LogP contribution is -2.02. The number of methoxy groups -OCH3 is 1. The zero-order valence-corrected chi connectivity index (χ0v) is 14.8. The molecule has 8 heteroatoms. The van der Waals surface area contributed by atoms with Crippen molar-refractivity contribution in [3.05, 3.63) is 47.1 Å². The summed E-state index contributed by atoms with van der Waals surface area (Å²) < 4.78 is 5.16. The van der Waals surface area contributed by atoms with Crippen molar-refractivity contribution >= 4 is 23.4 Å². The maximum Gasteiger partial charge on any atom is 0.242 e. The molecule has 7 nitrogen and oxygen atoms in total. The van der Waals surface area contributed by atoms with E-state index in [4.69, 9.17) is 16.3 Å². The first-order valence-electron chi connectivity index (χ1n) is 7.88. The molecule has 2 aromatic heterocycles. The first-order chi connectivity index (χ1) is 12.2. The van der Waals surface area contributed by atoms with Gasteiger partial charge in [0.2, 0.25) is 5.95 Å². The molecule has 2 heterocycles. The fourth-order valence-electron chi connectivity index (χ4n) is 2.29. The lowest BCUT2D eigenvalue weighted by molar-refractivity contribution is 0.414. The van der Waals surface area contributed by atoms with Gasteiger partial charge in [0, 0.05) is 29.9 Å². The Morgan fingerprint density at radius 2 is 2.08 bits per heavy atom. The van der Waals surface area contributed by atoms with Gasteiger partial charge in [-0.05, 0) is 36.8 Å². The average Bonchev–Trinajstić information content (AvgIpc) is 3.10. The van der Waals surface area contributed by atoms with Crippen LogP contribution >= 0.6 is 11.6 Å². The molecule has 3 N–H and O–H groups in total. The van der Waals surface area contributed by atoms with Crippen LogP contribution in [-0.2, 0) is 6.54 Å². The van der Waals surface area contributed by atoms with Gasteiger partial charge in [-0.2, -0.15) is 4.98 Å². The van der Waals surface area contributed by atoms with E-state index in [1.54, 1.807) is 19.4 Å². The molecule has 0 bridgehead atoms. The van der Waals surface area contributed by atoms with Crippen LogP contribution in [0.5, 0.6) is 5.75 Å². The number of nitrogens with one attached hydrogen (secondary N) is 3. The summed E-state index contributed by atoms with van der Waals surface area (Å²) in [5.41, 5.74) is 1.86. The Morgan fingerprint density at radius 1 is 1.20 bits per heavy atom. The molecule has 0 radical (unpaired) electrons. The van der Waals surface area contributed by atoms with Crippen molar-refractivity contribution in [2.75, 3.05) is 24.3 Å². The number of aromatic amines is 1. The number of ether oxygens (including phenoxy) is 1. The lowest BCUT2D eigenvalue weighted by atomic mass is 10.2. The zero-order valence-electron chi connectivity index (χ0n) is 14.0. The monoisotopic (exact) mass is 358 g/mol. The summed E-state index contributed by atoms with van der Waals surface area (Å²) in [6.07, 6.45) is 1.72. The molecule has 3 aromatic rings. The van der Waals surface area contributed by atoms with Gasteiger partial charge in [-0.3, -0.25) is 5.10 Å². The highest BCUT2D eigenvalue weighted by atomic mass is 35.5. The SMILES string of the molecule is CCNc1n[nH]c(-c2ccnc(NCc3ccc(OC)cc3Cl)c2)n1. The molecule has 0 aliphatic heterocycles. The summed E-state index contributed by atoms with van der Waals surface area (Å²) in [6.45, 7) is 3.32. The minimum Gasteiger partial charge on any atom is -0.497 e. The maximum absolute atomic E-state index is 6.26. The number of anilines is 2. The number of hydrogen-bond acceptors (Lipinski definition) is 6. The van der Waals surface area contributed by atoms with E-state index in [9.17, 15) is 0 Å². The van der Waals surface area contributed by atoms with Gasteiger partial charge >= 0.3 is 0 Å². The van der Waals surface area contributed by atoms with Gasteiger partial charge in [0.05, 0.1) is 7.11 Å². The molecule has 130 valence electrons. The maximum atomic E-state index is 6.26. The Labute approximate surface area is 150 Å². The van der Waals surface area contributed by atoms with Crippen molar-refractivity contribution < 1.29 is 4.74 Å². The molecule has 0 saturated heterocycles. The average molecular weight is 359 g/mol. The number of nitrogens with zero attached hydrogens (tertiary/aromatic N) is 3. The smallest absolute Gasteiger partial charge is 0.242 e. The summed E-state index contributed by atoms with van der Waals surface area (Å²) in [5.74, 6) is 2.72. The Bertz CT molecular complexity index is 851. The minimum absolute atomic E-state index is 0.554. The third-order valence-corrected chi connectivity index (χ3v) is 3.93. The van der Waals surface area contributed by atoms with E-state index in [0.717, 1.165) is 29.2 Å². The topological polar surface area (TPSA) is 87.8 Å². The third-order valence-electron chi connectivity index (χ3n) is 3.57. The van der Waals surface area contributed by atoms with Crippen molar-refractivity contribution in [2.24, 2.45) is 0 Å². The van der Waals surface area contributed by atoms with Gasteiger partial charge in [-0.15, -0.1) is 5.10 Å². The highest BCUT2D eigenvalue weighted by Gasteiger charge is 2.07. The number of halogens is 1. The molecule has 0 amide bonds. The minimum atomic E-state index is 0.554. The van der Waals surface area contributed by atoms with Crippen LogP contribution in [0.15, 0.2) is 36.5 Å². The summed E-state index contributed by atoms with van der Waals surface area (Å²) in [7, 11) is 1.62. The van der Waals surface area contributed by atoms with Crippen LogP contribution in [0, 0.1) is 0 Å². The van der Waals surface area contributed by atoms with Crippen LogP contribution < -0.4 is 15.4 Å². The highest BCUT2D eigenvalue weighted by Crippen LogP contribution is 2.24. The number of hydrogen-bond donors (Lipinski definition) is 3. The van der Waals surface area contributed by atoms with Crippen molar-refractivity contribution in [2.45, 2.75) is 13.5 Å². The fraction of sp³-hybridized carbons (Fsp3) is 0.235. The fourth-order valence-corrected chi connectivity index (χ4v) is 2.52. The summed E-state index contributed by atoms with van der Waals surface area (Å²) in [6, 6.07) is 9.38. The van der Waals surface area contributed by atoms with Crippen LogP contribution in [0.25, 0.3) is 11.4 Å². The Hall–Kier alpha value is -2.80. The molecular formula is C17H19ClN6O. The normalized spacial score (nSPS) is 10.5. The molecule has 3 rings (SSSR count). The standard InChI is InChI=1S/C17H19ClN6O/c1-3-19-17-22-16(23-24-17)11-6-7-20-15(8-11)21-10-12-4-5-13(25-2)9-14(12)18/h4-9H,3,10H2,1-2H3,(H,20,21)(H2,19,22,23,24). The van der Waals surface area contributed by atoms with Crippen molar-refractivity contribution in [3.63, 3.8) is 0 Å². The zero-order chi connectivity index (χ0) is 17.6. The van der Waals surface area contributed by atoms with E-state index in [1.165, 1.54) is 0 Å². The summed E-state index contributed by atoms with van der Waals surface area (Å²) in [5, 5.41) is 14.0. The van der Waals surface area contributed by atoms with Crippen molar-refractivity contribution in [1.29, 1.82) is 0 Å². The molecule has 0 saturated carbocycles. The summed E-state index contributed by atoms with van der Waals surface area (Å²) >= 11 is 6.26. The molecule has 0 unspecified atom stereocenters. The predicted molar refractivity (Wildman–Crippen MR) is 99.1 cm³/mol. The molecule has 1 aromatic carbocycles. The molecule has 0 spiro atoms. The second kappa shape index (κ2) is 7.85. The van der Waals surface area contributed by atoms with E-state index >= 15 is 0 Å². The molecule has 25 heavy (non-hydrogen) atoms. The van der Waals surface area contributed by atoms with Crippen molar-refractivity contribution in [3.8, 4) is 17.1 Å². The van der Waals surface area contributed by atoms with Crippen LogP contribution in [-0.4, -0.2) is 33.8 Å². The number of pyridine rings is 1. The van der Waals surface area contributed by atoms with E-state index < -0.39 is 0 Å². The van der Waals surface area contributed by atoms with Crippen molar-refractivity contribution in [1.82, 2.24) is 20.2 Å². The predicted octanol–water partition coefficient (Wildman–Crippen LogP) is 3.57. The van der Waals surface area contributed by atoms with Gasteiger partial charge in [-0.1, -0.05) is 17.7 Å². The van der Waals surface area contributed by atoms with Gasteiger partial charge in [-0.25, -0.2) is 4.98 Å². The Morgan fingerprint density at radius 3 is 2.84 bits per heavy atom.